The molecule has 2 fully saturated rings. The van der Waals surface area contributed by atoms with Crippen molar-refractivity contribution in [1.82, 2.24) is 25.2 Å². The van der Waals surface area contributed by atoms with Crippen molar-refractivity contribution >= 4 is 34.3 Å². The number of nitrogens with one attached hydrogen (secondary N) is 2. The van der Waals surface area contributed by atoms with Gasteiger partial charge in [0.05, 0.1) is 24.9 Å². The molecule has 0 radical (unpaired) electrons. The molecule has 0 aliphatic carbocycles. The van der Waals surface area contributed by atoms with Crippen LogP contribution in [0.1, 0.15) is 39.2 Å². The minimum Gasteiger partial charge on any atom is -0.490 e. The highest BCUT2D eigenvalue weighted by atomic mass is 16.5. The van der Waals surface area contributed by atoms with Gasteiger partial charge in [-0.05, 0) is 57.5 Å². The van der Waals surface area contributed by atoms with Crippen molar-refractivity contribution in [2.45, 2.75) is 52.2 Å². The third-order valence-corrected chi connectivity index (χ3v) is 6.78. The maximum atomic E-state index is 12.4. The average molecular weight is 520 g/mol. The Morgan fingerprint density at radius 1 is 1.05 bits per heavy atom. The topological polar surface area (TPSA) is 105 Å². The fourth-order valence-electron chi connectivity index (χ4n) is 4.77. The largest absolute Gasteiger partial charge is 0.490 e. The van der Waals surface area contributed by atoms with Gasteiger partial charge in [0, 0.05) is 55.6 Å². The minimum absolute atomic E-state index is 0.00681. The number of fused-ring (bicyclic) bond motifs is 1. The van der Waals surface area contributed by atoms with Crippen LogP contribution in [0.2, 0.25) is 0 Å². The lowest BCUT2D eigenvalue weighted by Crippen LogP contribution is -2.51. The van der Waals surface area contributed by atoms with Crippen LogP contribution in [0.4, 0.5) is 22.1 Å². The Bertz CT molecular complexity index is 1280. The van der Waals surface area contributed by atoms with Crippen molar-refractivity contribution in [3.05, 3.63) is 42.4 Å². The van der Waals surface area contributed by atoms with E-state index >= 15 is 0 Å². The molecule has 2 amide bonds. The van der Waals surface area contributed by atoms with Gasteiger partial charge >= 0.3 is 6.03 Å². The number of pyridine rings is 1. The summed E-state index contributed by atoms with van der Waals surface area (Å²) < 4.78 is 11.8. The Morgan fingerprint density at radius 2 is 1.82 bits per heavy atom. The number of benzene rings is 1. The van der Waals surface area contributed by atoms with E-state index in [2.05, 4.69) is 36.6 Å². The molecule has 2 N–H and O–H groups in total. The molecule has 2 aliphatic heterocycles. The highest BCUT2D eigenvalue weighted by Gasteiger charge is 2.26. The molecule has 5 rings (SSSR count). The molecule has 3 aromatic rings. The van der Waals surface area contributed by atoms with Gasteiger partial charge in [-0.15, -0.1) is 0 Å². The van der Waals surface area contributed by atoms with Gasteiger partial charge in [0.1, 0.15) is 29.8 Å². The van der Waals surface area contributed by atoms with Crippen LogP contribution in [0.3, 0.4) is 0 Å². The summed E-state index contributed by atoms with van der Waals surface area (Å²) in [5.41, 5.74) is 2.51. The van der Waals surface area contributed by atoms with Crippen LogP contribution in [0, 0.1) is 6.92 Å². The number of amides is 2. The average Bonchev–Trinajstić information content (AvgIpc) is 2.90. The minimum atomic E-state index is -0.239. The van der Waals surface area contributed by atoms with Gasteiger partial charge in [-0.2, -0.15) is 0 Å². The van der Waals surface area contributed by atoms with E-state index in [9.17, 15) is 4.79 Å². The second-order valence-electron chi connectivity index (χ2n) is 11.0. The normalized spacial score (nSPS) is 16.9. The quantitative estimate of drug-likeness (QED) is 0.515. The van der Waals surface area contributed by atoms with Crippen LogP contribution in [0.15, 0.2) is 36.8 Å². The molecule has 2 saturated heterocycles. The van der Waals surface area contributed by atoms with Crippen molar-refractivity contribution in [3.63, 3.8) is 0 Å². The number of hydrogen-bond donors (Lipinski definition) is 2. The second kappa shape index (κ2) is 11.0. The Labute approximate surface area is 223 Å². The lowest BCUT2D eigenvalue weighted by Gasteiger charge is -2.34. The zero-order valence-corrected chi connectivity index (χ0v) is 22.7. The number of aromatic nitrogens is 3. The van der Waals surface area contributed by atoms with Gasteiger partial charge in [-0.25, -0.2) is 19.7 Å². The molecule has 2 aliphatic rings. The Balaban J connectivity index is 1.23. The molecule has 10 nitrogen and oxygen atoms in total. The number of likely N-dealkylation sites (tertiary alicyclic amines) is 1. The van der Waals surface area contributed by atoms with Crippen molar-refractivity contribution in [2.75, 3.05) is 49.6 Å². The fourth-order valence-corrected chi connectivity index (χ4v) is 4.77. The van der Waals surface area contributed by atoms with E-state index in [0.717, 1.165) is 65.5 Å². The van der Waals surface area contributed by atoms with Crippen LogP contribution in [0.25, 0.3) is 10.9 Å². The highest BCUT2D eigenvalue weighted by Crippen LogP contribution is 2.30. The summed E-state index contributed by atoms with van der Waals surface area (Å²) in [4.78, 5) is 30.1. The number of carbonyl (C=O) groups excluding carboxylic acids is 1. The molecule has 1 aromatic carbocycles. The van der Waals surface area contributed by atoms with Crippen molar-refractivity contribution < 1.29 is 14.3 Å². The molecular formula is C28H37N7O3. The van der Waals surface area contributed by atoms with E-state index < -0.39 is 0 Å². The number of hydrogen-bond acceptors (Lipinski definition) is 8. The van der Waals surface area contributed by atoms with Crippen LogP contribution in [-0.2, 0) is 4.74 Å². The van der Waals surface area contributed by atoms with E-state index in [1.807, 2.05) is 50.8 Å². The molecule has 0 unspecified atom stereocenters. The van der Waals surface area contributed by atoms with Gasteiger partial charge in [0.2, 0.25) is 0 Å². The highest BCUT2D eigenvalue weighted by molar-refractivity contribution is 5.91. The zero-order chi connectivity index (χ0) is 26.7. The van der Waals surface area contributed by atoms with Crippen LogP contribution < -0.4 is 20.3 Å². The lowest BCUT2D eigenvalue weighted by atomic mass is 10.1. The third-order valence-electron chi connectivity index (χ3n) is 6.78. The van der Waals surface area contributed by atoms with Crippen LogP contribution >= 0.6 is 0 Å². The maximum absolute atomic E-state index is 12.4. The first-order valence-corrected chi connectivity index (χ1v) is 13.3. The summed E-state index contributed by atoms with van der Waals surface area (Å²) in [7, 11) is 0. The first-order chi connectivity index (χ1) is 18.2. The molecule has 0 spiro atoms. The summed E-state index contributed by atoms with van der Waals surface area (Å²) in [6.07, 6.45) is 5.06. The predicted molar refractivity (Wildman–Crippen MR) is 148 cm³/mol. The van der Waals surface area contributed by atoms with E-state index in [-0.39, 0.29) is 17.7 Å². The standard InChI is InChI=1S/C28H37N7O3/c1-19-15-20(5-6-24(19)38-21-7-9-35(10-8-21)27(36)33-28(2,3)4)32-26-22-16-25(34-11-13-37-14-12-34)29-17-23(22)30-18-31-26/h5-6,15-18,21H,7-14H2,1-4H3,(H,33,36)(H,30,31,32). The SMILES string of the molecule is Cc1cc(Nc2ncnc3cnc(N4CCOCC4)cc23)ccc1OC1CCN(C(=O)NC(C)(C)C)CC1. The van der Waals surface area contributed by atoms with Gasteiger partial charge in [0.15, 0.2) is 0 Å². The molecule has 0 bridgehead atoms. The van der Waals surface area contributed by atoms with E-state index in [0.29, 0.717) is 26.3 Å². The number of aryl methyl sites for hydroxylation is 1. The monoisotopic (exact) mass is 519 g/mol. The van der Waals surface area contributed by atoms with E-state index in [1.54, 1.807) is 12.5 Å². The van der Waals surface area contributed by atoms with Crippen LogP contribution in [-0.4, -0.2) is 76.9 Å². The molecule has 2 aromatic heterocycles. The molecule has 38 heavy (non-hydrogen) atoms. The summed E-state index contributed by atoms with van der Waals surface area (Å²) in [5, 5.41) is 7.42. The number of morpholine rings is 1. The zero-order valence-electron chi connectivity index (χ0n) is 22.7. The third kappa shape index (κ3) is 6.24. The number of rotatable bonds is 5. The van der Waals surface area contributed by atoms with Gasteiger partial charge in [0.25, 0.3) is 0 Å². The molecule has 0 atom stereocenters. The lowest BCUT2D eigenvalue weighted by molar-refractivity contribution is 0.108. The van der Waals surface area contributed by atoms with Gasteiger partial charge in [-0.1, -0.05) is 0 Å². The smallest absolute Gasteiger partial charge is 0.317 e. The number of ether oxygens (including phenoxy) is 2. The number of nitrogens with zero attached hydrogens (tertiary/aromatic N) is 5. The van der Waals surface area contributed by atoms with Crippen molar-refractivity contribution in [1.29, 1.82) is 0 Å². The Hall–Kier alpha value is -3.66. The first-order valence-electron chi connectivity index (χ1n) is 13.3. The maximum Gasteiger partial charge on any atom is 0.317 e. The second-order valence-corrected chi connectivity index (χ2v) is 11.0. The van der Waals surface area contributed by atoms with Gasteiger partial charge < -0.3 is 29.9 Å². The van der Waals surface area contributed by atoms with Crippen LogP contribution in [0.5, 0.6) is 5.75 Å². The summed E-state index contributed by atoms with van der Waals surface area (Å²) in [6.45, 7) is 12.5. The fraction of sp³-hybridized carbons (Fsp3) is 0.500. The number of anilines is 3. The van der Waals surface area contributed by atoms with Gasteiger partial charge in [-0.3, -0.25) is 0 Å². The molecule has 0 saturated carbocycles. The summed E-state index contributed by atoms with van der Waals surface area (Å²) in [6, 6.07) is 8.11. The molecule has 10 heteroatoms. The van der Waals surface area contributed by atoms with Crippen molar-refractivity contribution in [2.24, 2.45) is 0 Å². The molecule has 4 heterocycles. The Morgan fingerprint density at radius 3 is 2.53 bits per heavy atom. The molecule has 202 valence electrons. The summed E-state index contributed by atoms with van der Waals surface area (Å²) in [5.74, 6) is 2.50. The number of piperidine rings is 1. The predicted octanol–water partition coefficient (Wildman–Crippen LogP) is 4.26. The molecular weight excluding hydrogens is 482 g/mol. The van der Waals surface area contributed by atoms with E-state index in [4.69, 9.17) is 9.47 Å². The number of urea groups is 1. The van der Waals surface area contributed by atoms with Crippen molar-refractivity contribution in [3.8, 4) is 5.75 Å². The Kier molecular flexibility index (Phi) is 7.51. The summed E-state index contributed by atoms with van der Waals surface area (Å²) >= 11 is 0. The number of carbonyl (C=O) groups is 1. The van der Waals surface area contributed by atoms with E-state index in [1.165, 1.54) is 0 Å². The first kappa shape index (κ1) is 26.0.